The smallest absolute Gasteiger partial charge is 0.232 e. The third-order valence-corrected chi connectivity index (χ3v) is 6.10. The van der Waals surface area contributed by atoms with Crippen molar-refractivity contribution in [3.05, 3.63) is 71.3 Å². The van der Waals surface area contributed by atoms with Crippen LogP contribution in [0.4, 0.5) is 17.6 Å². The molecular weight excluding hydrogens is 462 g/mol. The minimum atomic E-state index is 0.0861. The van der Waals surface area contributed by atoms with Gasteiger partial charge in [0, 0.05) is 5.69 Å². The van der Waals surface area contributed by atoms with Crippen LogP contribution < -0.4 is 21.6 Å². The van der Waals surface area contributed by atoms with Crippen LogP contribution in [0.3, 0.4) is 0 Å². The largest absolute Gasteiger partial charge is 0.486 e. The third-order valence-electron chi connectivity index (χ3n) is 5.16. The van der Waals surface area contributed by atoms with Gasteiger partial charge in [-0.1, -0.05) is 62.4 Å². The summed E-state index contributed by atoms with van der Waals surface area (Å²) in [4.78, 5) is 12.8. The molecule has 35 heavy (non-hydrogen) atoms. The van der Waals surface area contributed by atoms with Gasteiger partial charge in [0.15, 0.2) is 5.82 Å². The summed E-state index contributed by atoms with van der Waals surface area (Å²) < 4.78 is 7.25. The quantitative estimate of drug-likeness (QED) is 0.245. The second kappa shape index (κ2) is 10.2. The lowest BCUT2D eigenvalue weighted by atomic mass is 9.87. The molecule has 0 saturated carbocycles. The first-order chi connectivity index (χ1) is 16.7. The maximum Gasteiger partial charge on any atom is 0.232 e. The van der Waals surface area contributed by atoms with E-state index >= 15 is 0 Å². The van der Waals surface area contributed by atoms with Crippen molar-refractivity contribution < 1.29 is 4.74 Å². The van der Waals surface area contributed by atoms with Crippen molar-refractivity contribution in [2.75, 3.05) is 16.9 Å². The molecule has 0 aliphatic rings. The van der Waals surface area contributed by atoms with Crippen LogP contribution in [-0.4, -0.2) is 29.8 Å². The topological polar surface area (TPSA) is 143 Å². The molecule has 0 atom stereocenters. The number of benzene rings is 2. The van der Waals surface area contributed by atoms with Crippen LogP contribution in [0.25, 0.3) is 0 Å². The standard InChI is InChI=1S/C24H29N9OS/c1-15-5-9-17(10-6-15)27-22-29-19(28-21(25)30-22)14-35-23-32-31-20(33(23)26)13-34-18-11-7-16(8-12-18)24(2,3)4/h5-12H,13-14,26H2,1-4H3,(H3,25,27,28,29,30). The number of aromatic nitrogens is 6. The number of nitrogen functional groups attached to an aromatic ring is 2. The Kier molecular flexibility index (Phi) is 7.06. The van der Waals surface area contributed by atoms with Gasteiger partial charge >= 0.3 is 0 Å². The predicted octanol–water partition coefficient (Wildman–Crippen LogP) is 3.98. The van der Waals surface area contributed by atoms with Crippen LogP contribution >= 0.6 is 11.8 Å². The molecule has 0 bridgehead atoms. The first-order valence-corrected chi connectivity index (χ1v) is 12.1. The van der Waals surface area contributed by atoms with Crippen molar-refractivity contribution in [2.45, 2.75) is 50.6 Å². The minimum absolute atomic E-state index is 0.0861. The Morgan fingerprint density at radius 1 is 0.971 bits per heavy atom. The highest BCUT2D eigenvalue weighted by molar-refractivity contribution is 7.98. The maximum absolute atomic E-state index is 6.19. The molecule has 0 unspecified atom stereocenters. The Morgan fingerprint density at radius 3 is 2.37 bits per heavy atom. The summed E-state index contributed by atoms with van der Waals surface area (Å²) in [6.07, 6.45) is 0. The average molecular weight is 492 g/mol. The molecule has 0 saturated heterocycles. The van der Waals surface area contributed by atoms with Crippen LogP contribution in [0.15, 0.2) is 53.7 Å². The Bertz CT molecular complexity index is 1280. The molecule has 5 N–H and O–H groups in total. The third kappa shape index (κ3) is 6.38. The van der Waals surface area contributed by atoms with Gasteiger partial charge in [-0.3, -0.25) is 0 Å². The van der Waals surface area contributed by atoms with E-state index in [9.17, 15) is 0 Å². The molecular formula is C24H29N9OS. The normalized spacial score (nSPS) is 11.4. The van der Waals surface area contributed by atoms with Crippen LogP contribution in [-0.2, 0) is 17.8 Å². The van der Waals surface area contributed by atoms with Gasteiger partial charge in [-0.15, -0.1) is 10.2 Å². The lowest BCUT2D eigenvalue weighted by Crippen LogP contribution is -2.16. The predicted molar refractivity (Wildman–Crippen MR) is 138 cm³/mol. The van der Waals surface area contributed by atoms with E-state index < -0.39 is 0 Å². The Morgan fingerprint density at radius 2 is 1.69 bits per heavy atom. The van der Waals surface area contributed by atoms with Gasteiger partial charge in [0.25, 0.3) is 0 Å². The lowest BCUT2D eigenvalue weighted by molar-refractivity contribution is 0.291. The van der Waals surface area contributed by atoms with Gasteiger partial charge < -0.3 is 21.6 Å². The highest BCUT2D eigenvalue weighted by Crippen LogP contribution is 2.25. The number of nitrogens with two attached hydrogens (primary N) is 2. The highest BCUT2D eigenvalue weighted by Gasteiger charge is 2.15. The average Bonchev–Trinajstić information content (AvgIpc) is 3.16. The summed E-state index contributed by atoms with van der Waals surface area (Å²) in [6, 6.07) is 15.9. The van der Waals surface area contributed by atoms with Crippen molar-refractivity contribution in [1.29, 1.82) is 0 Å². The summed E-state index contributed by atoms with van der Waals surface area (Å²) in [6.45, 7) is 8.74. The molecule has 182 valence electrons. The molecule has 2 heterocycles. The molecule has 2 aromatic heterocycles. The fourth-order valence-corrected chi connectivity index (χ4v) is 3.89. The SMILES string of the molecule is Cc1ccc(Nc2nc(N)nc(CSc3nnc(COc4ccc(C(C)(C)C)cc4)n3N)n2)cc1. The van der Waals surface area contributed by atoms with Crippen LogP contribution in [0, 0.1) is 6.92 Å². The molecule has 4 rings (SSSR count). The molecule has 2 aromatic carbocycles. The van der Waals surface area contributed by atoms with E-state index in [-0.39, 0.29) is 18.0 Å². The lowest BCUT2D eigenvalue weighted by Gasteiger charge is -2.19. The molecule has 11 heteroatoms. The second-order valence-electron chi connectivity index (χ2n) is 9.05. The molecule has 0 amide bonds. The number of nitrogens with zero attached hydrogens (tertiary/aromatic N) is 6. The van der Waals surface area contributed by atoms with E-state index in [1.165, 1.54) is 22.0 Å². The number of aryl methyl sites for hydroxylation is 1. The number of thioether (sulfide) groups is 1. The fourth-order valence-electron chi connectivity index (χ4n) is 3.16. The minimum Gasteiger partial charge on any atom is -0.486 e. The summed E-state index contributed by atoms with van der Waals surface area (Å²) in [5.41, 5.74) is 9.23. The number of ether oxygens (including phenoxy) is 1. The van der Waals surface area contributed by atoms with Crippen molar-refractivity contribution in [3.8, 4) is 5.75 Å². The Balaban J connectivity index is 1.36. The molecule has 0 aliphatic heterocycles. The Labute approximate surface area is 208 Å². The van der Waals surface area contributed by atoms with Gasteiger partial charge in [0.1, 0.15) is 18.2 Å². The van der Waals surface area contributed by atoms with E-state index in [1.54, 1.807) is 0 Å². The molecule has 10 nitrogen and oxygen atoms in total. The van der Waals surface area contributed by atoms with E-state index in [4.69, 9.17) is 16.3 Å². The van der Waals surface area contributed by atoms with E-state index in [2.05, 4.69) is 63.4 Å². The van der Waals surface area contributed by atoms with Crippen LogP contribution in [0.5, 0.6) is 5.75 Å². The van der Waals surface area contributed by atoms with E-state index in [0.29, 0.717) is 28.5 Å². The van der Waals surface area contributed by atoms with Gasteiger partial charge in [-0.25, -0.2) is 4.68 Å². The van der Waals surface area contributed by atoms with Gasteiger partial charge in [-0.05, 0) is 42.2 Å². The van der Waals surface area contributed by atoms with Crippen LogP contribution in [0.1, 0.15) is 43.5 Å². The zero-order valence-corrected chi connectivity index (χ0v) is 21.0. The number of hydrogen-bond acceptors (Lipinski definition) is 10. The molecule has 0 fully saturated rings. The summed E-state index contributed by atoms with van der Waals surface area (Å²) in [5, 5.41) is 12.0. The van der Waals surface area contributed by atoms with Crippen molar-refractivity contribution in [1.82, 2.24) is 29.8 Å². The van der Waals surface area contributed by atoms with Crippen molar-refractivity contribution in [3.63, 3.8) is 0 Å². The molecule has 4 aromatic rings. The number of rotatable bonds is 8. The van der Waals surface area contributed by atoms with E-state index in [1.807, 2.05) is 43.3 Å². The van der Waals surface area contributed by atoms with Crippen LogP contribution in [0.2, 0.25) is 0 Å². The van der Waals surface area contributed by atoms with Gasteiger partial charge in [0.2, 0.25) is 17.1 Å². The van der Waals surface area contributed by atoms with Crippen molar-refractivity contribution >= 4 is 29.3 Å². The Hall–Kier alpha value is -3.86. The zero-order chi connectivity index (χ0) is 25.0. The number of hydrogen-bond donors (Lipinski definition) is 3. The summed E-state index contributed by atoms with van der Waals surface area (Å²) in [7, 11) is 0. The number of nitrogens with one attached hydrogen (secondary N) is 1. The zero-order valence-electron chi connectivity index (χ0n) is 20.2. The monoisotopic (exact) mass is 491 g/mol. The van der Waals surface area contributed by atoms with Crippen molar-refractivity contribution in [2.24, 2.45) is 0 Å². The highest BCUT2D eigenvalue weighted by atomic mass is 32.2. The first-order valence-electron chi connectivity index (χ1n) is 11.1. The first kappa shape index (κ1) is 24.3. The summed E-state index contributed by atoms with van der Waals surface area (Å²) >= 11 is 1.35. The molecule has 0 radical (unpaired) electrons. The fraction of sp³-hybridized carbons (Fsp3) is 0.292. The van der Waals surface area contributed by atoms with Gasteiger partial charge in [-0.2, -0.15) is 15.0 Å². The summed E-state index contributed by atoms with van der Waals surface area (Å²) in [5.74, 6) is 8.82. The van der Waals surface area contributed by atoms with E-state index in [0.717, 1.165) is 17.0 Å². The maximum atomic E-state index is 6.19. The molecule has 0 spiro atoms. The number of anilines is 3. The second-order valence-corrected chi connectivity index (χ2v) is 9.99. The molecule has 0 aliphatic carbocycles. The van der Waals surface area contributed by atoms with Gasteiger partial charge in [0.05, 0.1) is 5.75 Å².